The molecule has 0 aliphatic carbocycles. The zero-order valence-corrected chi connectivity index (χ0v) is 12.2. The van der Waals surface area contributed by atoms with Gasteiger partial charge in [0.15, 0.2) is 5.60 Å². The third-order valence-electron chi connectivity index (χ3n) is 2.49. The molecule has 0 bridgehead atoms. The molecule has 0 N–H and O–H groups in total. The van der Waals surface area contributed by atoms with Crippen LogP contribution in [0.1, 0.15) is 27.7 Å². The van der Waals surface area contributed by atoms with Gasteiger partial charge in [-0.05, 0) is 39.3 Å². The molecule has 0 rings (SSSR count). The zero-order valence-electron chi connectivity index (χ0n) is 12.2. The maximum atomic E-state index is 13.1. The molecule has 0 heterocycles. The summed E-state index contributed by atoms with van der Waals surface area (Å²) in [5, 5.41) is 0. The third-order valence-corrected chi connectivity index (χ3v) is 2.49. The fraction of sp³-hybridized carbons (Fsp3) is 0.571. The molecule has 0 saturated heterocycles. The summed E-state index contributed by atoms with van der Waals surface area (Å²) >= 11 is 0. The molecule has 0 spiro atoms. The lowest BCUT2D eigenvalue weighted by Gasteiger charge is -2.34. The lowest BCUT2D eigenvalue weighted by molar-refractivity contribution is -0.316. The predicted molar refractivity (Wildman–Crippen MR) is 66.5 cm³/mol. The summed E-state index contributed by atoms with van der Waals surface area (Å²) in [4.78, 5) is 11.7. The standard InChI is InChI=1S/C14H14F6O2/c1-6-11(4,5)22-10(21)12(13(15,16)17,14(18,19)20)8-7-9(2)3/h1,8H,2-5H3. The van der Waals surface area contributed by atoms with Gasteiger partial charge in [0.2, 0.25) is 0 Å². The Labute approximate surface area is 123 Å². The van der Waals surface area contributed by atoms with Crippen molar-refractivity contribution in [3.63, 3.8) is 0 Å². The van der Waals surface area contributed by atoms with Crippen LogP contribution in [0.3, 0.4) is 0 Å². The second-order valence-electron chi connectivity index (χ2n) is 5.14. The summed E-state index contributed by atoms with van der Waals surface area (Å²) < 4.78 is 82.8. The Morgan fingerprint density at radius 3 is 1.73 bits per heavy atom. The minimum atomic E-state index is -5.98. The number of terminal acetylenes is 1. The Morgan fingerprint density at radius 2 is 1.45 bits per heavy atom. The van der Waals surface area contributed by atoms with E-state index in [0.29, 0.717) is 0 Å². The third kappa shape index (κ3) is 4.08. The second kappa shape index (κ2) is 6.09. The van der Waals surface area contributed by atoms with E-state index in [0.717, 1.165) is 13.8 Å². The van der Waals surface area contributed by atoms with Gasteiger partial charge in [0.1, 0.15) is 0 Å². The minimum absolute atomic E-state index is 0.0156. The monoisotopic (exact) mass is 328 g/mol. The number of halogens is 6. The van der Waals surface area contributed by atoms with Crippen LogP contribution in [0.5, 0.6) is 0 Å². The molecular formula is C14H14F6O2. The number of carbonyl (C=O) groups is 1. The van der Waals surface area contributed by atoms with E-state index < -0.39 is 29.3 Å². The summed E-state index contributed by atoms with van der Waals surface area (Å²) in [5.41, 5.74) is -4.98. The van der Waals surface area contributed by atoms with Crippen LogP contribution in [0.2, 0.25) is 0 Å². The van der Waals surface area contributed by atoms with Gasteiger partial charge in [-0.1, -0.05) is 5.92 Å². The quantitative estimate of drug-likeness (QED) is 0.336. The first-order chi connectivity index (χ1) is 9.60. The van der Waals surface area contributed by atoms with E-state index >= 15 is 0 Å². The van der Waals surface area contributed by atoms with Gasteiger partial charge in [0.05, 0.1) is 0 Å². The highest BCUT2D eigenvalue weighted by atomic mass is 19.4. The number of esters is 1. The molecule has 2 nitrogen and oxygen atoms in total. The van der Waals surface area contributed by atoms with E-state index in [1.807, 2.05) is 0 Å². The molecule has 0 aliphatic heterocycles. The highest BCUT2D eigenvalue weighted by Gasteiger charge is 2.76. The number of carbonyl (C=O) groups excluding carboxylic acids is 1. The molecule has 124 valence electrons. The predicted octanol–water partition coefficient (Wildman–Crippen LogP) is 4.17. The molecule has 0 aromatic heterocycles. The Balaban J connectivity index is 6.41. The molecule has 0 unspecified atom stereocenters. The minimum Gasteiger partial charge on any atom is -0.445 e. The van der Waals surface area contributed by atoms with Crippen LogP contribution in [0, 0.1) is 17.8 Å². The summed E-state index contributed by atoms with van der Waals surface area (Å²) in [6.07, 6.45) is -7.41. The van der Waals surface area contributed by atoms with Gasteiger partial charge in [-0.2, -0.15) is 26.3 Å². The molecule has 0 aliphatic rings. The molecule has 0 fully saturated rings. The zero-order chi connectivity index (χ0) is 18.0. The van der Waals surface area contributed by atoms with E-state index in [9.17, 15) is 31.1 Å². The van der Waals surface area contributed by atoms with Crippen molar-refractivity contribution in [3.05, 3.63) is 17.4 Å². The number of alkyl halides is 6. The molecule has 0 saturated carbocycles. The van der Waals surface area contributed by atoms with Crippen LogP contribution in [0.4, 0.5) is 26.3 Å². The summed E-state index contributed by atoms with van der Waals surface area (Å²) in [7, 11) is 0. The fourth-order valence-electron chi connectivity index (χ4n) is 1.21. The van der Waals surface area contributed by atoms with E-state index in [4.69, 9.17) is 6.42 Å². The van der Waals surface area contributed by atoms with E-state index in [1.54, 1.807) is 11.7 Å². The van der Waals surface area contributed by atoms with Crippen LogP contribution in [-0.2, 0) is 9.53 Å². The number of rotatable bonds is 3. The maximum absolute atomic E-state index is 13.1. The maximum Gasteiger partial charge on any atom is 0.417 e. The second-order valence-corrected chi connectivity index (χ2v) is 5.14. The SMILES string of the molecule is C#CC(C)(C)OC(=O)C(C=C=C(C)C)(C(F)(F)F)C(F)(F)F. The summed E-state index contributed by atoms with van der Waals surface area (Å²) in [6.45, 7) is 4.44. The Kier molecular flexibility index (Phi) is 5.57. The van der Waals surface area contributed by atoms with Crippen molar-refractivity contribution in [2.45, 2.75) is 45.6 Å². The smallest absolute Gasteiger partial charge is 0.417 e. The van der Waals surface area contributed by atoms with Crippen molar-refractivity contribution in [2.24, 2.45) is 5.41 Å². The van der Waals surface area contributed by atoms with Gasteiger partial charge >= 0.3 is 18.3 Å². The highest BCUT2D eigenvalue weighted by molar-refractivity contribution is 5.82. The van der Waals surface area contributed by atoms with Crippen LogP contribution in [0.15, 0.2) is 17.4 Å². The average molecular weight is 328 g/mol. The van der Waals surface area contributed by atoms with Gasteiger partial charge in [0.25, 0.3) is 5.41 Å². The topological polar surface area (TPSA) is 26.3 Å². The Bertz CT molecular complexity index is 521. The highest BCUT2D eigenvalue weighted by Crippen LogP contribution is 2.52. The van der Waals surface area contributed by atoms with Crippen molar-refractivity contribution in [1.82, 2.24) is 0 Å². The van der Waals surface area contributed by atoms with Crippen LogP contribution < -0.4 is 0 Å². The number of ether oxygens (including phenoxy) is 1. The Morgan fingerprint density at radius 1 is 1.05 bits per heavy atom. The summed E-state index contributed by atoms with van der Waals surface area (Å²) in [6, 6.07) is 0. The van der Waals surface area contributed by atoms with Crippen molar-refractivity contribution in [1.29, 1.82) is 0 Å². The molecule has 22 heavy (non-hydrogen) atoms. The van der Waals surface area contributed by atoms with Gasteiger partial charge in [-0.15, -0.1) is 12.2 Å². The Hall–Kier alpha value is -1.87. The first kappa shape index (κ1) is 20.1. The first-order valence-corrected chi connectivity index (χ1v) is 5.86. The lowest BCUT2D eigenvalue weighted by atomic mass is 9.85. The van der Waals surface area contributed by atoms with Crippen molar-refractivity contribution in [2.75, 3.05) is 0 Å². The molecule has 0 radical (unpaired) electrons. The lowest BCUT2D eigenvalue weighted by Crippen LogP contribution is -2.56. The van der Waals surface area contributed by atoms with E-state index in [-0.39, 0.29) is 11.6 Å². The van der Waals surface area contributed by atoms with Crippen LogP contribution in [-0.4, -0.2) is 23.9 Å². The van der Waals surface area contributed by atoms with Crippen molar-refractivity contribution >= 4 is 5.97 Å². The summed E-state index contributed by atoms with van der Waals surface area (Å²) in [5.74, 6) is -0.757. The van der Waals surface area contributed by atoms with Gasteiger partial charge < -0.3 is 4.74 Å². The average Bonchev–Trinajstić information content (AvgIpc) is 2.24. The largest absolute Gasteiger partial charge is 0.445 e. The first-order valence-electron chi connectivity index (χ1n) is 5.86. The van der Waals surface area contributed by atoms with E-state index in [1.165, 1.54) is 13.8 Å². The van der Waals surface area contributed by atoms with Crippen LogP contribution >= 0.6 is 0 Å². The molecule has 0 aromatic carbocycles. The molecular weight excluding hydrogens is 314 g/mol. The van der Waals surface area contributed by atoms with Gasteiger partial charge in [-0.3, -0.25) is 4.79 Å². The van der Waals surface area contributed by atoms with Gasteiger partial charge in [0, 0.05) is 0 Å². The van der Waals surface area contributed by atoms with Crippen LogP contribution in [0.25, 0.3) is 0 Å². The van der Waals surface area contributed by atoms with E-state index in [2.05, 4.69) is 4.74 Å². The normalized spacial score (nSPS) is 13.0. The number of hydrogen-bond donors (Lipinski definition) is 0. The molecule has 0 aromatic rings. The molecule has 0 amide bonds. The van der Waals surface area contributed by atoms with Gasteiger partial charge in [-0.25, -0.2) is 0 Å². The number of hydrogen-bond acceptors (Lipinski definition) is 2. The molecule has 8 heteroatoms. The fourth-order valence-corrected chi connectivity index (χ4v) is 1.21. The van der Waals surface area contributed by atoms with Crippen molar-refractivity contribution in [3.8, 4) is 12.3 Å². The van der Waals surface area contributed by atoms with Crippen molar-refractivity contribution < 1.29 is 35.9 Å². The molecule has 0 atom stereocenters.